The number of thioether (sulfide) groups is 1. The number of rotatable bonds is 2. The topological polar surface area (TPSA) is 29.1 Å². The van der Waals surface area contributed by atoms with E-state index in [0.29, 0.717) is 0 Å². The third-order valence-corrected chi connectivity index (χ3v) is 4.91. The zero-order chi connectivity index (χ0) is 14.1. The van der Waals surface area contributed by atoms with Gasteiger partial charge in [0.25, 0.3) is 0 Å². The fourth-order valence-electron chi connectivity index (χ4n) is 2.41. The second-order valence-electron chi connectivity index (χ2n) is 5.23. The molecule has 2 aromatic carbocycles. The average Bonchev–Trinajstić information content (AvgIpc) is 2.87. The number of nitrogens with one attached hydrogen (secondary N) is 1. The van der Waals surface area contributed by atoms with Gasteiger partial charge in [-0.15, -0.1) is 11.8 Å². The van der Waals surface area contributed by atoms with E-state index in [0.717, 1.165) is 23.2 Å². The number of fused-ring (bicyclic) bond motifs is 1. The summed E-state index contributed by atoms with van der Waals surface area (Å²) in [6, 6.07) is 14.4. The predicted octanol–water partition coefficient (Wildman–Crippen LogP) is 3.96. The van der Waals surface area contributed by atoms with Crippen LogP contribution in [0, 0.1) is 13.8 Å². The molecule has 0 saturated carbocycles. The fourth-order valence-corrected chi connectivity index (χ4v) is 3.61. The highest BCUT2D eigenvalue weighted by Crippen LogP contribution is 2.37. The molecule has 0 aliphatic carbocycles. The third kappa shape index (κ3) is 2.59. The van der Waals surface area contributed by atoms with Crippen LogP contribution in [0.3, 0.4) is 0 Å². The highest BCUT2D eigenvalue weighted by molar-refractivity contribution is 8.01. The molecule has 3 rings (SSSR count). The number of hydrogen-bond acceptors (Lipinski definition) is 2. The van der Waals surface area contributed by atoms with Gasteiger partial charge in [-0.2, -0.15) is 0 Å². The minimum Gasteiger partial charge on any atom is -0.325 e. The van der Waals surface area contributed by atoms with Gasteiger partial charge in [-0.1, -0.05) is 30.3 Å². The number of hydrogen-bond donors (Lipinski definition) is 1. The first-order chi connectivity index (χ1) is 9.63. The van der Waals surface area contributed by atoms with Crippen LogP contribution < -0.4 is 5.32 Å². The van der Waals surface area contributed by atoms with Crippen LogP contribution >= 0.6 is 11.8 Å². The zero-order valence-corrected chi connectivity index (χ0v) is 12.5. The van der Waals surface area contributed by atoms with Crippen LogP contribution in [0.2, 0.25) is 0 Å². The van der Waals surface area contributed by atoms with Crippen molar-refractivity contribution in [3.63, 3.8) is 0 Å². The predicted molar refractivity (Wildman–Crippen MR) is 84.3 cm³/mol. The molecule has 0 fully saturated rings. The Morgan fingerprint density at radius 3 is 2.80 bits per heavy atom. The number of benzene rings is 2. The van der Waals surface area contributed by atoms with E-state index in [4.69, 9.17) is 0 Å². The Morgan fingerprint density at radius 2 is 2.00 bits per heavy atom. The minimum atomic E-state index is -0.0210. The van der Waals surface area contributed by atoms with E-state index in [1.54, 1.807) is 11.8 Å². The summed E-state index contributed by atoms with van der Waals surface area (Å²) < 4.78 is 0. The van der Waals surface area contributed by atoms with E-state index < -0.39 is 0 Å². The Bertz CT molecular complexity index is 641. The lowest BCUT2D eigenvalue weighted by molar-refractivity contribution is -0.115. The van der Waals surface area contributed by atoms with Gasteiger partial charge in [-0.3, -0.25) is 4.79 Å². The summed E-state index contributed by atoms with van der Waals surface area (Å²) >= 11 is 1.66. The van der Waals surface area contributed by atoms with Crippen molar-refractivity contribution < 1.29 is 4.79 Å². The average molecular weight is 283 g/mol. The van der Waals surface area contributed by atoms with Crippen molar-refractivity contribution in [2.75, 3.05) is 5.32 Å². The van der Waals surface area contributed by atoms with E-state index >= 15 is 0 Å². The van der Waals surface area contributed by atoms with Gasteiger partial charge in [-0.05, 0) is 49.1 Å². The van der Waals surface area contributed by atoms with E-state index in [9.17, 15) is 4.79 Å². The molecule has 0 unspecified atom stereocenters. The molecule has 1 heterocycles. The van der Waals surface area contributed by atoms with Crippen molar-refractivity contribution in [2.24, 2.45) is 0 Å². The van der Waals surface area contributed by atoms with Crippen molar-refractivity contribution in [1.82, 2.24) is 0 Å². The molecule has 1 atom stereocenters. The lowest BCUT2D eigenvalue weighted by atomic mass is 10.1. The van der Waals surface area contributed by atoms with Crippen LogP contribution in [-0.2, 0) is 11.2 Å². The highest BCUT2D eigenvalue weighted by Gasteiger charge is 2.28. The number of carbonyl (C=O) groups is 1. The molecule has 2 aromatic rings. The van der Waals surface area contributed by atoms with Crippen LogP contribution in [0.25, 0.3) is 0 Å². The zero-order valence-electron chi connectivity index (χ0n) is 11.6. The molecule has 0 spiro atoms. The molecule has 1 amide bonds. The van der Waals surface area contributed by atoms with Gasteiger partial charge in [0.15, 0.2) is 0 Å². The quantitative estimate of drug-likeness (QED) is 0.904. The Kier molecular flexibility index (Phi) is 3.53. The minimum absolute atomic E-state index is 0.0210. The first kappa shape index (κ1) is 13.3. The lowest BCUT2D eigenvalue weighted by Gasteiger charge is -2.12. The molecular weight excluding hydrogens is 266 g/mol. The van der Waals surface area contributed by atoms with Gasteiger partial charge in [0.05, 0.1) is 5.25 Å². The van der Waals surface area contributed by atoms with Crippen molar-refractivity contribution in [2.45, 2.75) is 30.4 Å². The van der Waals surface area contributed by atoms with E-state index in [1.165, 1.54) is 10.5 Å². The SMILES string of the molecule is Cc1ccc(C)c(NC(=O)[C@H]2Cc3ccccc3S2)c1. The van der Waals surface area contributed by atoms with Gasteiger partial charge >= 0.3 is 0 Å². The molecule has 3 heteroatoms. The molecule has 2 nitrogen and oxygen atoms in total. The summed E-state index contributed by atoms with van der Waals surface area (Å²) in [6.07, 6.45) is 0.817. The number of anilines is 1. The van der Waals surface area contributed by atoms with E-state index in [1.807, 2.05) is 38.1 Å². The second-order valence-corrected chi connectivity index (χ2v) is 6.47. The summed E-state index contributed by atoms with van der Waals surface area (Å²) in [7, 11) is 0. The monoisotopic (exact) mass is 283 g/mol. The van der Waals surface area contributed by atoms with Crippen LogP contribution in [0.4, 0.5) is 5.69 Å². The smallest absolute Gasteiger partial charge is 0.238 e. The van der Waals surface area contributed by atoms with E-state index in [-0.39, 0.29) is 11.2 Å². The van der Waals surface area contributed by atoms with Crippen molar-refractivity contribution in [3.8, 4) is 0 Å². The molecule has 20 heavy (non-hydrogen) atoms. The number of amides is 1. The van der Waals surface area contributed by atoms with E-state index in [2.05, 4.69) is 23.5 Å². The maximum Gasteiger partial charge on any atom is 0.238 e. The molecular formula is C17H17NOS. The highest BCUT2D eigenvalue weighted by atomic mass is 32.2. The van der Waals surface area contributed by atoms with Crippen LogP contribution in [-0.4, -0.2) is 11.2 Å². The molecule has 102 valence electrons. The van der Waals surface area contributed by atoms with Crippen molar-refractivity contribution >= 4 is 23.4 Å². The van der Waals surface area contributed by atoms with Crippen molar-refractivity contribution in [3.05, 3.63) is 59.2 Å². The summed E-state index contributed by atoms with van der Waals surface area (Å²) in [6.45, 7) is 4.06. The Morgan fingerprint density at radius 1 is 1.20 bits per heavy atom. The lowest BCUT2D eigenvalue weighted by Crippen LogP contribution is -2.25. The largest absolute Gasteiger partial charge is 0.325 e. The first-order valence-corrected chi connectivity index (χ1v) is 7.64. The Balaban J connectivity index is 1.74. The maximum absolute atomic E-state index is 12.4. The summed E-state index contributed by atoms with van der Waals surface area (Å²) in [5.74, 6) is 0.0971. The molecule has 1 aliphatic heterocycles. The number of carbonyl (C=O) groups excluding carboxylic acids is 1. The first-order valence-electron chi connectivity index (χ1n) is 6.76. The fraction of sp³-hybridized carbons (Fsp3) is 0.235. The summed E-state index contributed by atoms with van der Waals surface area (Å²) in [4.78, 5) is 13.6. The van der Waals surface area contributed by atoms with Gasteiger partial charge in [-0.25, -0.2) is 0 Å². The second kappa shape index (κ2) is 5.33. The molecule has 0 radical (unpaired) electrons. The maximum atomic E-state index is 12.4. The Labute approximate surface area is 123 Å². The summed E-state index contributed by atoms with van der Waals surface area (Å²) in [5, 5.41) is 3.05. The van der Waals surface area contributed by atoms with Gasteiger partial charge in [0.1, 0.15) is 0 Å². The van der Waals surface area contributed by atoms with Gasteiger partial charge in [0.2, 0.25) is 5.91 Å². The van der Waals surface area contributed by atoms with Crippen molar-refractivity contribution in [1.29, 1.82) is 0 Å². The summed E-state index contributed by atoms with van der Waals surface area (Å²) in [5.41, 5.74) is 4.46. The number of aryl methyl sites for hydroxylation is 2. The molecule has 0 bridgehead atoms. The standard InChI is InChI=1S/C17H17NOS/c1-11-7-8-12(2)14(9-11)18-17(19)16-10-13-5-3-4-6-15(13)20-16/h3-9,16H,10H2,1-2H3,(H,18,19)/t16-/m1/s1. The van der Waals surface area contributed by atoms with Gasteiger partial charge in [0, 0.05) is 10.6 Å². The van der Waals surface area contributed by atoms with Crippen LogP contribution in [0.15, 0.2) is 47.4 Å². The molecule has 1 aliphatic rings. The molecule has 0 saturated heterocycles. The normalized spacial score (nSPS) is 16.8. The van der Waals surface area contributed by atoms with Crippen LogP contribution in [0.5, 0.6) is 0 Å². The molecule has 0 aromatic heterocycles. The molecule has 1 N–H and O–H groups in total. The van der Waals surface area contributed by atoms with Crippen LogP contribution in [0.1, 0.15) is 16.7 Å². The Hall–Kier alpha value is -1.74. The third-order valence-electron chi connectivity index (χ3n) is 3.59. The van der Waals surface area contributed by atoms with Gasteiger partial charge < -0.3 is 5.32 Å².